The van der Waals surface area contributed by atoms with E-state index in [2.05, 4.69) is 26.4 Å². The van der Waals surface area contributed by atoms with Gasteiger partial charge in [-0.15, -0.1) is 0 Å². The molecule has 0 saturated heterocycles. The standard InChI is InChI=1S/C14H11N5O2/c1-8-3-4-16-12(5-8)14-17-13(21-19-14)6-11-10(7-15)9(2)20-18-11/h3-5H,6H2,1-2H3. The first-order chi connectivity index (χ1) is 10.2. The predicted molar refractivity (Wildman–Crippen MR) is 71.0 cm³/mol. The second-order valence-electron chi connectivity index (χ2n) is 4.58. The number of nitrogens with zero attached hydrogens (tertiary/aromatic N) is 5. The number of aryl methyl sites for hydroxylation is 2. The van der Waals surface area contributed by atoms with Crippen LogP contribution < -0.4 is 0 Å². The van der Waals surface area contributed by atoms with Gasteiger partial charge in [-0.05, 0) is 31.5 Å². The smallest absolute Gasteiger partial charge is 0.233 e. The van der Waals surface area contributed by atoms with Crippen LogP contribution in [0.2, 0.25) is 0 Å². The summed E-state index contributed by atoms with van der Waals surface area (Å²) in [5.74, 6) is 1.25. The highest BCUT2D eigenvalue weighted by Gasteiger charge is 2.17. The molecule has 0 spiro atoms. The van der Waals surface area contributed by atoms with E-state index < -0.39 is 0 Å². The zero-order chi connectivity index (χ0) is 14.8. The monoisotopic (exact) mass is 281 g/mol. The number of nitriles is 1. The van der Waals surface area contributed by atoms with Crippen LogP contribution in [0, 0.1) is 25.2 Å². The third-order valence-electron chi connectivity index (χ3n) is 2.98. The average molecular weight is 281 g/mol. The van der Waals surface area contributed by atoms with E-state index in [0.717, 1.165) is 5.56 Å². The summed E-state index contributed by atoms with van der Waals surface area (Å²) in [7, 11) is 0. The van der Waals surface area contributed by atoms with Crippen molar-refractivity contribution in [3.05, 3.63) is 46.8 Å². The molecular formula is C14H11N5O2. The summed E-state index contributed by atoms with van der Waals surface area (Å²) in [4.78, 5) is 8.47. The zero-order valence-corrected chi connectivity index (χ0v) is 11.5. The highest BCUT2D eigenvalue weighted by atomic mass is 16.5. The molecule has 0 aliphatic heterocycles. The lowest BCUT2D eigenvalue weighted by atomic mass is 10.1. The highest BCUT2D eigenvalue weighted by molar-refractivity contribution is 5.49. The van der Waals surface area contributed by atoms with E-state index in [1.54, 1.807) is 13.1 Å². The van der Waals surface area contributed by atoms with E-state index in [-0.39, 0.29) is 6.42 Å². The minimum atomic E-state index is 0.249. The lowest BCUT2D eigenvalue weighted by Gasteiger charge is -1.94. The van der Waals surface area contributed by atoms with Gasteiger partial charge >= 0.3 is 0 Å². The summed E-state index contributed by atoms with van der Waals surface area (Å²) >= 11 is 0. The number of hydrogen-bond acceptors (Lipinski definition) is 7. The first-order valence-electron chi connectivity index (χ1n) is 6.28. The fourth-order valence-corrected chi connectivity index (χ4v) is 1.91. The van der Waals surface area contributed by atoms with Crippen molar-refractivity contribution in [1.29, 1.82) is 5.26 Å². The van der Waals surface area contributed by atoms with E-state index in [0.29, 0.717) is 34.4 Å². The van der Waals surface area contributed by atoms with Gasteiger partial charge in [-0.2, -0.15) is 10.2 Å². The summed E-state index contributed by atoms with van der Waals surface area (Å²) < 4.78 is 10.2. The molecule has 0 atom stereocenters. The molecule has 0 N–H and O–H groups in total. The topological polar surface area (TPSA) is 102 Å². The van der Waals surface area contributed by atoms with Crippen molar-refractivity contribution in [2.45, 2.75) is 20.3 Å². The Kier molecular flexibility index (Phi) is 3.20. The van der Waals surface area contributed by atoms with Crippen LogP contribution in [-0.2, 0) is 6.42 Å². The van der Waals surface area contributed by atoms with Gasteiger partial charge in [-0.3, -0.25) is 4.98 Å². The van der Waals surface area contributed by atoms with Crippen LogP contribution in [0.4, 0.5) is 0 Å². The van der Waals surface area contributed by atoms with E-state index >= 15 is 0 Å². The molecule has 0 radical (unpaired) electrons. The van der Waals surface area contributed by atoms with Gasteiger partial charge < -0.3 is 9.05 Å². The van der Waals surface area contributed by atoms with Gasteiger partial charge in [0.2, 0.25) is 11.7 Å². The largest absolute Gasteiger partial charge is 0.360 e. The number of pyridine rings is 1. The molecule has 104 valence electrons. The summed E-state index contributed by atoms with van der Waals surface area (Å²) in [6.07, 6.45) is 1.94. The molecule has 7 heteroatoms. The Bertz CT molecular complexity index is 828. The van der Waals surface area contributed by atoms with Crippen molar-refractivity contribution in [3.63, 3.8) is 0 Å². The van der Waals surface area contributed by atoms with Crippen LogP contribution in [0.15, 0.2) is 27.4 Å². The molecule has 0 aromatic carbocycles. The Labute approximate surface area is 120 Å². The minimum Gasteiger partial charge on any atom is -0.360 e. The first-order valence-corrected chi connectivity index (χ1v) is 6.28. The van der Waals surface area contributed by atoms with E-state index in [4.69, 9.17) is 14.3 Å². The maximum atomic E-state index is 9.05. The van der Waals surface area contributed by atoms with Crippen molar-refractivity contribution in [1.82, 2.24) is 20.3 Å². The molecule has 0 saturated carbocycles. The van der Waals surface area contributed by atoms with Crippen LogP contribution in [0.3, 0.4) is 0 Å². The Morgan fingerprint density at radius 2 is 2.10 bits per heavy atom. The normalized spacial score (nSPS) is 10.5. The van der Waals surface area contributed by atoms with Crippen LogP contribution in [0.5, 0.6) is 0 Å². The van der Waals surface area contributed by atoms with Crippen molar-refractivity contribution < 1.29 is 9.05 Å². The molecule has 3 aromatic rings. The second kappa shape index (κ2) is 5.17. The molecular weight excluding hydrogens is 270 g/mol. The molecule has 3 heterocycles. The molecule has 0 aliphatic carbocycles. The van der Waals surface area contributed by atoms with Crippen molar-refractivity contribution in [3.8, 4) is 17.6 Å². The number of rotatable bonds is 3. The van der Waals surface area contributed by atoms with Gasteiger partial charge in [0.15, 0.2) is 5.76 Å². The molecule has 0 fully saturated rings. The SMILES string of the molecule is Cc1ccnc(-c2noc(Cc3noc(C)c3C#N)n2)c1. The molecule has 0 unspecified atom stereocenters. The van der Waals surface area contributed by atoms with Crippen LogP contribution in [-0.4, -0.2) is 20.3 Å². The van der Waals surface area contributed by atoms with Crippen molar-refractivity contribution >= 4 is 0 Å². The highest BCUT2D eigenvalue weighted by Crippen LogP contribution is 2.18. The number of aromatic nitrogens is 4. The fourth-order valence-electron chi connectivity index (χ4n) is 1.91. The van der Waals surface area contributed by atoms with Crippen LogP contribution in [0.25, 0.3) is 11.5 Å². The van der Waals surface area contributed by atoms with E-state index in [1.807, 2.05) is 19.1 Å². The maximum absolute atomic E-state index is 9.05. The summed E-state index contributed by atoms with van der Waals surface area (Å²) in [5, 5.41) is 16.8. The molecule has 3 rings (SSSR count). The molecule has 21 heavy (non-hydrogen) atoms. The summed E-state index contributed by atoms with van der Waals surface area (Å²) in [6, 6.07) is 5.81. The van der Waals surface area contributed by atoms with Gasteiger partial charge in [0.1, 0.15) is 23.0 Å². The zero-order valence-electron chi connectivity index (χ0n) is 11.5. The average Bonchev–Trinajstić information content (AvgIpc) is 3.07. The Hall–Kier alpha value is -3.01. The first kappa shape index (κ1) is 13.0. The lowest BCUT2D eigenvalue weighted by Crippen LogP contribution is -1.93. The molecule has 7 nitrogen and oxygen atoms in total. The Morgan fingerprint density at radius 3 is 2.86 bits per heavy atom. The molecule has 3 aromatic heterocycles. The van der Waals surface area contributed by atoms with E-state index in [1.165, 1.54) is 0 Å². The summed E-state index contributed by atoms with van der Waals surface area (Å²) in [5.41, 5.74) is 2.60. The van der Waals surface area contributed by atoms with Crippen molar-refractivity contribution in [2.75, 3.05) is 0 Å². The Morgan fingerprint density at radius 1 is 1.24 bits per heavy atom. The second-order valence-corrected chi connectivity index (χ2v) is 4.58. The van der Waals surface area contributed by atoms with Gasteiger partial charge in [0, 0.05) is 6.20 Å². The van der Waals surface area contributed by atoms with Crippen molar-refractivity contribution in [2.24, 2.45) is 0 Å². The van der Waals surface area contributed by atoms with Crippen LogP contribution >= 0.6 is 0 Å². The number of hydrogen-bond donors (Lipinski definition) is 0. The Balaban J connectivity index is 1.87. The maximum Gasteiger partial charge on any atom is 0.233 e. The lowest BCUT2D eigenvalue weighted by molar-refractivity contribution is 0.371. The summed E-state index contributed by atoms with van der Waals surface area (Å²) in [6.45, 7) is 3.65. The minimum absolute atomic E-state index is 0.249. The van der Waals surface area contributed by atoms with Gasteiger partial charge in [-0.25, -0.2) is 0 Å². The van der Waals surface area contributed by atoms with Gasteiger partial charge in [0.05, 0.1) is 6.42 Å². The van der Waals surface area contributed by atoms with E-state index in [9.17, 15) is 0 Å². The third kappa shape index (κ3) is 2.51. The van der Waals surface area contributed by atoms with Gasteiger partial charge in [-0.1, -0.05) is 10.3 Å². The molecule has 0 bridgehead atoms. The molecule has 0 amide bonds. The van der Waals surface area contributed by atoms with Crippen LogP contribution in [0.1, 0.15) is 28.5 Å². The predicted octanol–water partition coefficient (Wildman–Crippen LogP) is 2.20. The molecule has 0 aliphatic rings. The fraction of sp³-hybridized carbons (Fsp3) is 0.214. The third-order valence-corrected chi connectivity index (χ3v) is 2.98. The van der Waals surface area contributed by atoms with Gasteiger partial charge in [0.25, 0.3) is 0 Å². The quantitative estimate of drug-likeness (QED) is 0.725.